The Labute approximate surface area is 151 Å². The molecule has 132 valence electrons. The standard InChI is InChI=1S/C17H20ClN5O2/c1-22-5-7-23(8-6-22)17(24)14-10-16(20-11-19-14)21-13-9-12(18)3-4-15(13)25-2/h3-4,9-11H,5-8H2,1-2H3,(H,19,20,21). The van der Waals surface area contributed by atoms with Gasteiger partial charge in [0.15, 0.2) is 0 Å². The van der Waals surface area contributed by atoms with Crippen molar-refractivity contribution in [3.63, 3.8) is 0 Å². The number of nitrogens with zero attached hydrogens (tertiary/aromatic N) is 4. The molecule has 0 saturated carbocycles. The van der Waals surface area contributed by atoms with Crippen LogP contribution >= 0.6 is 11.6 Å². The van der Waals surface area contributed by atoms with Crippen molar-refractivity contribution in [2.45, 2.75) is 0 Å². The van der Waals surface area contributed by atoms with E-state index in [1.165, 1.54) is 6.33 Å². The Bertz CT molecular complexity index is 762. The maximum atomic E-state index is 12.6. The Morgan fingerprint density at radius 1 is 1.20 bits per heavy atom. The molecular weight excluding hydrogens is 342 g/mol. The summed E-state index contributed by atoms with van der Waals surface area (Å²) in [6.07, 6.45) is 1.38. The minimum absolute atomic E-state index is 0.0865. The summed E-state index contributed by atoms with van der Waals surface area (Å²) < 4.78 is 5.31. The Kier molecular flexibility index (Phi) is 5.35. The van der Waals surface area contributed by atoms with Crippen molar-refractivity contribution in [3.05, 3.63) is 41.3 Å². The fraction of sp³-hybridized carbons (Fsp3) is 0.353. The van der Waals surface area contributed by atoms with E-state index < -0.39 is 0 Å². The minimum atomic E-state index is -0.0865. The van der Waals surface area contributed by atoms with Gasteiger partial charge in [0.05, 0.1) is 12.8 Å². The van der Waals surface area contributed by atoms with E-state index >= 15 is 0 Å². The molecule has 2 aromatic rings. The highest BCUT2D eigenvalue weighted by molar-refractivity contribution is 6.31. The zero-order valence-electron chi connectivity index (χ0n) is 14.2. The molecule has 8 heteroatoms. The quantitative estimate of drug-likeness (QED) is 0.900. The number of carbonyl (C=O) groups excluding carboxylic acids is 1. The van der Waals surface area contributed by atoms with Crippen molar-refractivity contribution in [1.82, 2.24) is 19.8 Å². The van der Waals surface area contributed by atoms with E-state index in [-0.39, 0.29) is 5.91 Å². The SMILES string of the molecule is COc1ccc(Cl)cc1Nc1cc(C(=O)N2CCN(C)CC2)ncn1. The second-order valence-corrected chi connectivity index (χ2v) is 6.29. The number of hydrogen-bond acceptors (Lipinski definition) is 6. The maximum absolute atomic E-state index is 12.6. The van der Waals surface area contributed by atoms with Gasteiger partial charge in [0, 0.05) is 37.3 Å². The number of nitrogens with one attached hydrogen (secondary N) is 1. The Morgan fingerprint density at radius 2 is 1.96 bits per heavy atom. The molecule has 0 spiro atoms. The number of rotatable bonds is 4. The number of piperazine rings is 1. The average molecular weight is 362 g/mol. The molecule has 1 aromatic heterocycles. The van der Waals surface area contributed by atoms with Crippen LogP contribution in [0.15, 0.2) is 30.6 Å². The van der Waals surface area contributed by atoms with Gasteiger partial charge in [-0.15, -0.1) is 0 Å². The Morgan fingerprint density at radius 3 is 2.68 bits per heavy atom. The number of methoxy groups -OCH3 is 1. The normalized spacial score (nSPS) is 15.1. The van der Waals surface area contributed by atoms with Crippen LogP contribution in [0.1, 0.15) is 10.5 Å². The summed E-state index contributed by atoms with van der Waals surface area (Å²) in [5.74, 6) is 1.06. The molecule has 1 fully saturated rings. The van der Waals surface area contributed by atoms with Gasteiger partial charge in [0.1, 0.15) is 23.6 Å². The van der Waals surface area contributed by atoms with Gasteiger partial charge in [-0.25, -0.2) is 9.97 Å². The highest BCUT2D eigenvalue weighted by Gasteiger charge is 2.21. The molecule has 25 heavy (non-hydrogen) atoms. The Hall–Kier alpha value is -2.38. The molecule has 0 unspecified atom stereocenters. The summed E-state index contributed by atoms with van der Waals surface area (Å²) >= 11 is 6.04. The van der Waals surface area contributed by atoms with Crippen LogP contribution in [0.4, 0.5) is 11.5 Å². The number of amides is 1. The third-order valence-electron chi connectivity index (χ3n) is 4.10. The van der Waals surface area contributed by atoms with E-state index in [1.54, 1.807) is 31.4 Å². The average Bonchev–Trinajstić information content (AvgIpc) is 2.62. The fourth-order valence-corrected chi connectivity index (χ4v) is 2.80. The molecule has 1 saturated heterocycles. The van der Waals surface area contributed by atoms with E-state index in [4.69, 9.17) is 16.3 Å². The molecule has 1 N–H and O–H groups in total. The topological polar surface area (TPSA) is 70.6 Å². The van der Waals surface area contributed by atoms with Gasteiger partial charge in [-0.2, -0.15) is 0 Å². The molecule has 1 aliphatic rings. The Balaban J connectivity index is 1.78. The number of ether oxygens (including phenoxy) is 1. The number of carbonyl (C=O) groups is 1. The lowest BCUT2D eigenvalue weighted by molar-refractivity contribution is 0.0658. The second-order valence-electron chi connectivity index (χ2n) is 5.85. The van der Waals surface area contributed by atoms with Crippen LogP contribution in [0, 0.1) is 0 Å². The van der Waals surface area contributed by atoms with Crippen molar-refractivity contribution in [2.75, 3.05) is 45.7 Å². The zero-order valence-corrected chi connectivity index (χ0v) is 15.0. The van der Waals surface area contributed by atoms with E-state index in [2.05, 4.69) is 20.2 Å². The van der Waals surface area contributed by atoms with Gasteiger partial charge < -0.3 is 19.9 Å². The minimum Gasteiger partial charge on any atom is -0.495 e. The highest BCUT2D eigenvalue weighted by atomic mass is 35.5. The summed E-state index contributed by atoms with van der Waals surface area (Å²) in [5, 5.41) is 3.71. The number of benzene rings is 1. The van der Waals surface area contributed by atoms with Crippen LogP contribution in [-0.2, 0) is 0 Å². The third-order valence-corrected chi connectivity index (χ3v) is 4.34. The molecule has 0 radical (unpaired) electrons. The van der Waals surface area contributed by atoms with Crippen LogP contribution < -0.4 is 10.1 Å². The van der Waals surface area contributed by atoms with Crippen molar-refractivity contribution < 1.29 is 9.53 Å². The number of hydrogen-bond donors (Lipinski definition) is 1. The molecule has 2 heterocycles. The van der Waals surface area contributed by atoms with Crippen molar-refractivity contribution >= 4 is 29.0 Å². The smallest absolute Gasteiger partial charge is 0.272 e. The molecule has 1 aliphatic heterocycles. The van der Waals surface area contributed by atoms with Gasteiger partial charge in [0.25, 0.3) is 5.91 Å². The number of likely N-dealkylation sites (N-methyl/N-ethyl adjacent to an activating group) is 1. The third kappa shape index (κ3) is 4.18. The first kappa shape index (κ1) is 17.4. The van der Waals surface area contributed by atoms with Gasteiger partial charge in [-0.05, 0) is 25.2 Å². The number of halogens is 1. The van der Waals surface area contributed by atoms with Crippen molar-refractivity contribution in [1.29, 1.82) is 0 Å². The predicted molar refractivity (Wildman–Crippen MR) is 96.7 cm³/mol. The monoisotopic (exact) mass is 361 g/mol. The van der Waals surface area contributed by atoms with Gasteiger partial charge in [0.2, 0.25) is 0 Å². The van der Waals surface area contributed by atoms with E-state index in [0.29, 0.717) is 41.1 Å². The van der Waals surface area contributed by atoms with Crippen LogP contribution in [0.25, 0.3) is 0 Å². The molecule has 7 nitrogen and oxygen atoms in total. The molecule has 1 amide bonds. The predicted octanol–water partition coefficient (Wildman–Crippen LogP) is 2.27. The second kappa shape index (κ2) is 7.67. The summed E-state index contributed by atoms with van der Waals surface area (Å²) in [4.78, 5) is 24.9. The van der Waals surface area contributed by atoms with Gasteiger partial charge in [-0.1, -0.05) is 11.6 Å². The van der Waals surface area contributed by atoms with Crippen LogP contribution in [-0.4, -0.2) is 66.0 Å². The number of aromatic nitrogens is 2. The van der Waals surface area contributed by atoms with Gasteiger partial charge in [-0.3, -0.25) is 4.79 Å². The van der Waals surface area contributed by atoms with Crippen molar-refractivity contribution in [2.24, 2.45) is 0 Å². The summed E-state index contributed by atoms with van der Waals surface area (Å²) in [6.45, 7) is 3.12. The fourth-order valence-electron chi connectivity index (χ4n) is 2.63. The van der Waals surface area contributed by atoms with Crippen LogP contribution in [0.5, 0.6) is 5.75 Å². The number of anilines is 2. The summed E-state index contributed by atoms with van der Waals surface area (Å²) in [7, 11) is 3.63. The molecule has 3 rings (SSSR count). The molecule has 0 atom stereocenters. The first-order valence-electron chi connectivity index (χ1n) is 7.97. The van der Waals surface area contributed by atoms with E-state index in [1.807, 2.05) is 11.9 Å². The largest absolute Gasteiger partial charge is 0.495 e. The molecule has 1 aromatic carbocycles. The maximum Gasteiger partial charge on any atom is 0.272 e. The highest BCUT2D eigenvalue weighted by Crippen LogP contribution is 2.30. The van der Waals surface area contributed by atoms with E-state index in [0.717, 1.165) is 13.1 Å². The summed E-state index contributed by atoms with van der Waals surface area (Å²) in [5.41, 5.74) is 1.04. The molecule has 0 bridgehead atoms. The zero-order chi connectivity index (χ0) is 17.8. The lowest BCUT2D eigenvalue weighted by atomic mass is 10.2. The lowest BCUT2D eigenvalue weighted by Gasteiger charge is -2.32. The lowest BCUT2D eigenvalue weighted by Crippen LogP contribution is -2.47. The van der Waals surface area contributed by atoms with Gasteiger partial charge >= 0.3 is 0 Å². The van der Waals surface area contributed by atoms with Crippen LogP contribution in [0.2, 0.25) is 5.02 Å². The van der Waals surface area contributed by atoms with Crippen LogP contribution in [0.3, 0.4) is 0 Å². The van der Waals surface area contributed by atoms with E-state index in [9.17, 15) is 4.79 Å². The van der Waals surface area contributed by atoms with Crippen molar-refractivity contribution in [3.8, 4) is 5.75 Å². The first-order valence-corrected chi connectivity index (χ1v) is 8.35. The summed E-state index contributed by atoms with van der Waals surface area (Å²) in [6, 6.07) is 6.89. The first-order chi connectivity index (χ1) is 12.1. The molecular formula is C17H20ClN5O2. The molecule has 0 aliphatic carbocycles.